The Morgan fingerprint density at radius 1 is 1.45 bits per heavy atom. The van der Waals surface area contributed by atoms with Gasteiger partial charge in [-0.05, 0) is 25.0 Å². The lowest BCUT2D eigenvalue weighted by atomic mass is 10.2. The second kappa shape index (κ2) is 6.14. The molecule has 1 atom stereocenters. The Morgan fingerprint density at radius 3 is 2.95 bits per heavy atom. The minimum atomic E-state index is -0.223. The van der Waals surface area contributed by atoms with Gasteiger partial charge in [-0.3, -0.25) is 4.79 Å². The van der Waals surface area contributed by atoms with Crippen LogP contribution < -0.4 is 4.90 Å². The number of carbonyl (C=O) groups excluding carboxylic acids is 1. The molecule has 0 aliphatic carbocycles. The van der Waals surface area contributed by atoms with Gasteiger partial charge in [-0.2, -0.15) is 0 Å². The molecule has 2 heterocycles. The SMILES string of the molecule is CC(Sc1ncc(CO)n1C)C(=O)N1CCc2ccccc21. The monoisotopic (exact) mass is 317 g/mol. The van der Waals surface area contributed by atoms with Gasteiger partial charge in [0.15, 0.2) is 5.16 Å². The number of aromatic nitrogens is 2. The van der Waals surface area contributed by atoms with Crippen LogP contribution in [0.25, 0.3) is 0 Å². The Hall–Kier alpha value is -1.79. The van der Waals surface area contributed by atoms with E-state index < -0.39 is 0 Å². The van der Waals surface area contributed by atoms with Gasteiger partial charge in [0.05, 0.1) is 23.7 Å². The number of carbonyl (C=O) groups is 1. The highest BCUT2D eigenvalue weighted by Crippen LogP contribution is 2.31. The third-order valence-electron chi connectivity index (χ3n) is 3.99. The number of hydrogen-bond acceptors (Lipinski definition) is 4. The first-order chi connectivity index (χ1) is 10.6. The van der Waals surface area contributed by atoms with E-state index in [0.29, 0.717) is 0 Å². The number of rotatable bonds is 4. The van der Waals surface area contributed by atoms with Crippen molar-refractivity contribution in [2.45, 2.75) is 30.4 Å². The highest BCUT2D eigenvalue weighted by Gasteiger charge is 2.29. The maximum Gasteiger partial charge on any atom is 0.240 e. The average molecular weight is 317 g/mol. The number of hydrogen-bond donors (Lipinski definition) is 1. The zero-order valence-electron chi connectivity index (χ0n) is 12.7. The molecule has 3 rings (SSSR count). The van der Waals surface area contributed by atoms with Crippen molar-refractivity contribution in [2.24, 2.45) is 7.05 Å². The molecule has 5 nitrogen and oxygen atoms in total. The summed E-state index contributed by atoms with van der Waals surface area (Å²) >= 11 is 1.43. The molecule has 116 valence electrons. The molecule has 0 saturated heterocycles. The lowest BCUT2D eigenvalue weighted by Crippen LogP contribution is -2.35. The number of thioether (sulfide) groups is 1. The number of nitrogens with zero attached hydrogens (tertiary/aromatic N) is 3. The van der Waals surface area contributed by atoms with Crippen molar-refractivity contribution < 1.29 is 9.90 Å². The van der Waals surface area contributed by atoms with Crippen LogP contribution in [0.1, 0.15) is 18.2 Å². The third kappa shape index (κ3) is 2.64. The molecule has 1 unspecified atom stereocenters. The van der Waals surface area contributed by atoms with Gasteiger partial charge >= 0.3 is 0 Å². The minimum Gasteiger partial charge on any atom is -0.390 e. The first kappa shape index (κ1) is 15.1. The van der Waals surface area contributed by atoms with Gasteiger partial charge in [0.1, 0.15) is 0 Å². The van der Waals surface area contributed by atoms with E-state index in [1.165, 1.54) is 17.3 Å². The lowest BCUT2D eigenvalue weighted by molar-refractivity contribution is -0.117. The summed E-state index contributed by atoms with van der Waals surface area (Å²) in [5.74, 6) is 0.100. The molecule has 1 N–H and O–H groups in total. The summed E-state index contributed by atoms with van der Waals surface area (Å²) in [4.78, 5) is 18.9. The molecule has 0 radical (unpaired) electrons. The standard InChI is InChI=1S/C16H19N3O2S/c1-11(22-16-17-9-13(10-20)18(16)2)15(21)19-8-7-12-5-3-4-6-14(12)19/h3-6,9,11,20H,7-8,10H2,1-2H3. The van der Waals surface area contributed by atoms with Gasteiger partial charge in [0.2, 0.25) is 5.91 Å². The van der Waals surface area contributed by atoms with Crippen molar-refractivity contribution in [1.82, 2.24) is 9.55 Å². The van der Waals surface area contributed by atoms with Gasteiger partial charge in [0.25, 0.3) is 0 Å². The fourth-order valence-corrected chi connectivity index (χ4v) is 3.61. The van der Waals surface area contributed by atoms with Crippen LogP contribution in [0.15, 0.2) is 35.6 Å². The molecule has 0 spiro atoms. The summed E-state index contributed by atoms with van der Waals surface area (Å²) in [5, 5.41) is 9.74. The fourth-order valence-electron chi connectivity index (χ4n) is 2.68. The van der Waals surface area contributed by atoms with Crippen molar-refractivity contribution in [2.75, 3.05) is 11.4 Å². The van der Waals surface area contributed by atoms with E-state index in [0.717, 1.165) is 29.5 Å². The largest absolute Gasteiger partial charge is 0.390 e. The van der Waals surface area contributed by atoms with Gasteiger partial charge in [-0.25, -0.2) is 4.98 Å². The van der Waals surface area contributed by atoms with Crippen molar-refractivity contribution in [3.63, 3.8) is 0 Å². The molecule has 1 aliphatic heterocycles. The summed E-state index contributed by atoms with van der Waals surface area (Å²) in [6.45, 7) is 2.60. The average Bonchev–Trinajstić information content (AvgIpc) is 3.11. The Kier molecular flexibility index (Phi) is 4.22. The number of fused-ring (bicyclic) bond motifs is 1. The third-order valence-corrected chi connectivity index (χ3v) is 5.13. The van der Waals surface area contributed by atoms with Crippen LogP contribution in [0.5, 0.6) is 0 Å². The number of para-hydroxylation sites is 1. The van der Waals surface area contributed by atoms with Crippen LogP contribution in [0.4, 0.5) is 5.69 Å². The Bertz CT molecular complexity index is 698. The molecule has 0 bridgehead atoms. The molecule has 1 aromatic carbocycles. The summed E-state index contributed by atoms with van der Waals surface area (Å²) in [7, 11) is 1.85. The summed E-state index contributed by atoms with van der Waals surface area (Å²) in [6, 6.07) is 8.05. The van der Waals surface area contributed by atoms with Crippen molar-refractivity contribution in [3.8, 4) is 0 Å². The molecule has 0 saturated carbocycles. The van der Waals surface area contributed by atoms with Crippen molar-refractivity contribution >= 4 is 23.4 Å². The van der Waals surface area contributed by atoms with E-state index in [1.807, 2.05) is 41.6 Å². The number of aliphatic hydroxyl groups is 1. The molecule has 1 aromatic heterocycles. The fraction of sp³-hybridized carbons (Fsp3) is 0.375. The Morgan fingerprint density at radius 2 is 2.23 bits per heavy atom. The van der Waals surface area contributed by atoms with E-state index in [4.69, 9.17) is 0 Å². The van der Waals surface area contributed by atoms with Gasteiger partial charge in [-0.15, -0.1) is 0 Å². The summed E-state index contributed by atoms with van der Waals surface area (Å²) in [6.07, 6.45) is 2.56. The number of aliphatic hydroxyl groups excluding tert-OH is 1. The highest BCUT2D eigenvalue weighted by atomic mass is 32.2. The van der Waals surface area contributed by atoms with Gasteiger partial charge in [-0.1, -0.05) is 30.0 Å². The highest BCUT2D eigenvalue weighted by molar-refractivity contribution is 8.00. The molecular formula is C16H19N3O2S. The second-order valence-corrected chi connectivity index (χ2v) is 6.69. The zero-order chi connectivity index (χ0) is 15.7. The molecule has 2 aromatic rings. The first-order valence-corrected chi connectivity index (χ1v) is 8.17. The molecule has 22 heavy (non-hydrogen) atoms. The number of benzene rings is 1. The van der Waals surface area contributed by atoms with E-state index in [-0.39, 0.29) is 17.8 Å². The van der Waals surface area contributed by atoms with Crippen LogP contribution >= 0.6 is 11.8 Å². The summed E-state index contributed by atoms with van der Waals surface area (Å²) < 4.78 is 1.83. The minimum absolute atomic E-state index is 0.0497. The van der Waals surface area contributed by atoms with Gasteiger partial charge < -0.3 is 14.6 Å². The predicted molar refractivity (Wildman–Crippen MR) is 86.9 cm³/mol. The Labute approximate surface area is 134 Å². The second-order valence-electron chi connectivity index (χ2n) is 5.38. The van der Waals surface area contributed by atoms with Crippen molar-refractivity contribution in [3.05, 3.63) is 41.7 Å². The molecule has 6 heteroatoms. The topological polar surface area (TPSA) is 58.4 Å². The van der Waals surface area contributed by atoms with Crippen LogP contribution in [0.3, 0.4) is 0 Å². The number of anilines is 1. The first-order valence-electron chi connectivity index (χ1n) is 7.29. The molecular weight excluding hydrogens is 298 g/mol. The maximum atomic E-state index is 12.7. The predicted octanol–water partition coefficient (Wildman–Crippen LogP) is 1.98. The smallest absolute Gasteiger partial charge is 0.240 e. The van der Waals surface area contributed by atoms with E-state index in [9.17, 15) is 9.90 Å². The van der Waals surface area contributed by atoms with Gasteiger partial charge in [0, 0.05) is 19.3 Å². The quantitative estimate of drug-likeness (QED) is 0.876. The molecule has 0 fully saturated rings. The van der Waals surface area contributed by atoms with Crippen LogP contribution in [-0.2, 0) is 24.9 Å². The molecule has 1 aliphatic rings. The Balaban J connectivity index is 1.74. The van der Waals surface area contributed by atoms with E-state index in [1.54, 1.807) is 6.20 Å². The van der Waals surface area contributed by atoms with Crippen LogP contribution in [-0.4, -0.2) is 32.4 Å². The normalized spacial score (nSPS) is 15.0. The van der Waals surface area contributed by atoms with E-state index in [2.05, 4.69) is 11.1 Å². The van der Waals surface area contributed by atoms with Crippen LogP contribution in [0, 0.1) is 0 Å². The summed E-state index contributed by atoms with van der Waals surface area (Å²) in [5.41, 5.74) is 3.00. The lowest BCUT2D eigenvalue weighted by Gasteiger charge is -2.21. The maximum absolute atomic E-state index is 12.7. The van der Waals surface area contributed by atoms with Crippen molar-refractivity contribution in [1.29, 1.82) is 0 Å². The van der Waals surface area contributed by atoms with E-state index >= 15 is 0 Å². The number of amides is 1. The number of imidazole rings is 1. The van der Waals surface area contributed by atoms with Crippen LogP contribution in [0.2, 0.25) is 0 Å². The molecule has 1 amide bonds. The zero-order valence-corrected chi connectivity index (χ0v) is 13.5.